The minimum Gasteiger partial charge on any atom is -0.345 e. The Morgan fingerprint density at radius 1 is 1.37 bits per heavy atom. The maximum absolute atomic E-state index is 12.1. The van der Waals surface area contributed by atoms with E-state index in [1.165, 1.54) is 6.92 Å². The van der Waals surface area contributed by atoms with Gasteiger partial charge in [-0.3, -0.25) is 14.5 Å². The molecule has 0 aromatic rings. The molecule has 1 aliphatic rings. The highest BCUT2D eigenvalue weighted by atomic mass is 16.2. The topological polar surface area (TPSA) is 61.4 Å². The van der Waals surface area contributed by atoms with Crippen molar-refractivity contribution in [2.75, 3.05) is 19.6 Å². The number of amides is 1. The Labute approximate surface area is 116 Å². The first kappa shape index (κ1) is 16.1. The van der Waals surface area contributed by atoms with Crippen molar-refractivity contribution < 1.29 is 9.59 Å². The molecule has 3 atom stereocenters. The van der Waals surface area contributed by atoms with E-state index < -0.39 is 0 Å². The number of carbonyl (C=O) groups is 2. The van der Waals surface area contributed by atoms with Crippen LogP contribution in [0.1, 0.15) is 34.6 Å². The Morgan fingerprint density at radius 3 is 2.53 bits per heavy atom. The smallest absolute Gasteiger partial charge is 0.234 e. The van der Waals surface area contributed by atoms with Gasteiger partial charge in [-0.15, -0.1) is 0 Å². The molecule has 2 N–H and O–H groups in total. The largest absolute Gasteiger partial charge is 0.345 e. The molecule has 0 aromatic carbocycles. The van der Waals surface area contributed by atoms with Gasteiger partial charge in [-0.2, -0.15) is 0 Å². The third-order valence-corrected chi connectivity index (χ3v) is 3.66. The van der Waals surface area contributed by atoms with Crippen LogP contribution < -0.4 is 10.6 Å². The highest BCUT2D eigenvalue weighted by Gasteiger charge is 2.26. The lowest BCUT2D eigenvalue weighted by Crippen LogP contribution is -2.57. The van der Waals surface area contributed by atoms with Crippen molar-refractivity contribution in [3.05, 3.63) is 0 Å². The minimum atomic E-state index is -0.372. The van der Waals surface area contributed by atoms with Crippen LogP contribution in [0.5, 0.6) is 0 Å². The summed E-state index contributed by atoms with van der Waals surface area (Å²) in [5.41, 5.74) is 0. The summed E-state index contributed by atoms with van der Waals surface area (Å²) in [6.45, 7) is 11.8. The summed E-state index contributed by atoms with van der Waals surface area (Å²) < 4.78 is 0. The van der Waals surface area contributed by atoms with E-state index >= 15 is 0 Å². The van der Waals surface area contributed by atoms with Gasteiger partial charge in [0.05, 0.1) is 12.6 Å². The van der Waals surface area contributed by atoms with Crippen LogP contribution in [0.3, 0.4) is 0 Å². The second-order valence-electron chi connectivity index (χ2n) is 5.99. The molecule has 5 nitrogen and oxygen atoms in total. The standard InChI is InChI=1S/C14H27N3O2/c1-9(2)14(12(5)18)16-13(19)8-17-7-10(3)15-6-11(17)4/h9-11,14-15H,6-8H2,1-5H3,(H,16,19). The summed E-state index contributed by atoms with van der Waals surface area (Å²) in [5, 5.41) is 6.23. The lowest BCUT2D eigenvalue weighted by Gasteiger charge is -2.37. The number of rotatable bonds is 5. The van der Waals surface area contributed by atoms with Crippen LogP contribution in [0, 0.1) is 5.92 Å². The Kier molecular flexibility index (Phi) is 5.94. The van der Waals surface area contributed by atoms with Crippen molar-refractivity contribution in [1.29, 1.82) is 0 Å². The third-order valence-electron chi connectivity index (χ3n) is 3.66. The van der Waals surface area contributed by atoms with Crippen LogP contribution in [0.15, 0.2) is 0 Å². The molecule has 19 heavy (non-hydrogen) atoms. The van der Waals surface area contributed by atoms with E-state index in [1.807, 2.05) is 13.8 Å². The molecule has 0 aliphatic carbocycles. The van der Waals surface area contributed by atoms with Crippen molar-refractivity contribution in [2.24, 2.45) is 5.92 Å². The zero-order valence-corrected chi connectivity index (χ0v) is 12.7. The molecule has 0 spiro atoms. The fourth-order valence-corrected chi connectivity index (χ4v) is 2.46. The van der Waals surface area contributed by atoms with Crippen LogP contribution in [-0.4, -0.2) is 54.4 Å². The van der Waals surface area contributed by atoms with E-state index in [4.69, 9.17) is 0 Å². The Bertz CT molecular complexity index is 331. The van der Waals surface area contributed by atoms with Crippen molar-refractivity contribution in [1.82, 2.24) is 15.5 Å². The maximum atomic E-state index is 12.1. The molecule has 0 radical (unpaired) electrons. The fourth-order valence-electron chi connectivity index (χ4n) is 2.46. The monoisotopic (exact) mass is 269 g/mol. The SMILES string of the molecule is CC(=O)C(NC(=O)CN1CC(C)NCC1C)C(C)C. The average molecular weight is 269 g/mol. The van der Waals surface area contributed by atoms with Crippen molar-refractivity contribution in [2.45, 2.75) is 52.7 Å². The number of Topliss-reactive ketones (excluding diaryl/α,β-unsaturated/α-hetero) is 1. The minimum absolute atomic E-state index is 0.0186. The first-order chi connectivity index (χ1) is 8.81. The number of nitrogens with one attached hydrogen (secondary N) is 2. The van der Waals surface area contributed by atoms with Gasteiger partial charge in [0.25, 0.3) is 0 Å². The summed E-state index contributed by atoms with van der Waals surface area (Å²) in [6, 6.07) is 0.373. The molecule has 0 saturated carbocycles. The molecular weight excluding hydrogens is 242 g/mol. The number of ketones is 1. The van der Waals surface area contributed by atoms with Crippen LogP contribution in [-0.2, 0) is 9.59 Å². The summed E-state index contributed by atoms with van der Waals surface area (Å²) in [6.07, 6.45) is 0. The van der Waals surface area contributed by atoms with Crippen LogP contribution >= 0.6 is 0 Å². The van der Waals surface area contributed by atoms with Gasteiger partial charge in [0.2, 0.25) is 5.91 Å². The number of hydrogen-bond donors (Lipinski definition) is 2. The maximum Gasteiger partial charge on any atom is 0.234 e. The van der Waals surface area contributed by atoms with Gasteiger partial charge in [0.15, 0.2) is 5.78 Å². The molecule has 5 heteroatoms. The summed E-state index contributed by atoms with van der Waals surface area (Å²) in [7, 11) is 0. The Balaban J connectivity index is 2.51. The second kappa shape index (κ2) is 7.01. The van der Waals surface area contributed by atoms with Gasteiger partial charge in [0.1, 0.15) is 0 Å². The summed E-state index contributed by atoms with van der Waals surface area (Å²) >= 11 is 0. The highest BCUT2D eigenvalue weighted by Crippen LogP contribution is 2.07. The number of carbonyl (C=O) groups excluding carboxylic acids is 2. The van der Waals surface area contributed by atoms with Crippen LogP contribution in [0.25, 0.3) is 0 Å². The van der Waals surface area contributed by atoms with Crippen molar-refractivity contribution >= 4 is 11.7 Å². The Hall–Kier alpha value is -0.940. The number of nitrogens with zero attached hydrogens (tertiary/aromatic N) is 1. The molecule has 1 saturated heterocycles. The number of piperazine rings is 1. The zero-order chi connectivity index (χ0) is 14.6. The van der Waals surface area contributed by atoms with E-state index in [1.54, 1.807) is 0 Å². The highest BCUT2D eigenvalue weighted by molar-refractivity contribution is 5.88. The van der Waals surface area contributed by atoms with Crippen molar-refractivity contribution in [3.8, 4) is 0 Å². The molecule has 1 aliphatic heterocycles. The molecular formula is C14H27N3O2. The summed E-state index contributed by atoms with van der Waals surface area (Å²) in [4.78, 5) is 25.7. The zero-order valence-electron chi connectivity index (χ0n) is 12.7. The lowest BCUT2D eigenvalue weighted by molar-refractivity contribution is -0.129. The molecule has 0 bridgehead atoms. The molecule has 1 rings (SSSR count). The average Bonchev–Trinajstić information content (AvgIpc) is 2.30. The van der Waals surface area contributed by atoms with Crippen molar-refractivity contribution in [3.63, 3.8) is 0 Å². The predicted molar refractivity (Wildman–Crippen MR) is 75.9 cm³/mol. The first-order valence-electron chi connectivity index (χ1n) is 7.08. The molecule has 110 valence electrons. The second-order valence-corrected chi connectivity index (χ2v) is 5.99. The van der Waals surface area contributed by atoms with Gasteiger partial charge in [-0.1, -0.05) is 13.8 Å². The van der Waals surface area contributed by atoms with Crippen LogP contribution in [0.4, 0.5) is 0 Å². The molecule has 1 fully saturated rings. The van der Waals surface area contributed by atoms with E-state index in [0.29, 0.717) is 18.6 Å². The third kappa shape index (κ3) is 4.91. The molecule has 0 aromatic heterocycles. The molecule has 1 amide bonds. The lowest BCUT2D eigenvalue weighted by atomic mass is 10.0. The fraction of sp³-hybridized carbons (Fsp3) is 0.857. The van der Waals surface area contributed by atoms with Crippen LogP contribution in [0.2, 0.25) is 0 Å². The van der Waals surface area contributed by atoms with Gasteiger partial charge < -0.3 is 10.6 Å². The predicted octanol–water partition coefficient (Wildman–Crippen LogP) is 0.398. The van der Waals surface area contributed by atoms with Gasteiger partial charge in [-0.05, 0) is 26.7 Å². The Morgan fingerprint density at radius 2 is 2.00 bits per heavy atom. The van der Waals surface area contributed by atoms with Gasteiger partial charge in [0, 0.05) is 25.2 Å². The van der Waals surface area contributed by atoms with Gasteiger partial charge in [-0.25, -0.2) is 0 Å². The van der Waals surface area contributed by atoms with Gasteiger partial charge >= 0.3 is 0 Å². The quantitative estimate of drug-likeness (QED) is 0.758. The summed E-state index contributed by atoms with van der Waals surface area (Å²) in [5.74, 6) is 0.0840. The van der Waals surface area contributed by atoms with E-state index in [0.717, 1.165) is 13.1 Å². The number of hydrogen-bond acceptors (Lipinski definition) is 4. The van der Waals surface area contributed by atoms with E-state index in [-0.39, 0.29) is 23.7 Å². The van der Waals surface area contributed by atoms with E-state index in [2.05, 4.69) is 29.4 Å². The first-order valence-corrected chi connectivity index (χ1v) is 7.08. The normalized spacial score (nSPS) is 26.2. The molecule has 1 heterocycles. The van der Waals surface area contributed by atoms with E-state index in [9.17, 15) is 9.59 Å². The molecule has 3 unspecified atom stereocenters.